The van der Waals surface area contributed by atoms with Crippen molar-refractivity contribution >= 4 is 27.5 Å². The molecule has 0 saturated carbocycles. The number of rotatable bonds is 4. The van der Waals surface area contributed by atoms with Crippen LogP contribution >= 0.6 is 11.3 Å². The normalized spacial score (nSPS) is 28.3. The minimum atomic E-state index is -1.40. The van der Waals surface area contributed by atoms with Gasteiger partial charge in [-0.15, -0.1) is 0 Å². The first-order valence-corrected chi connectivity index (χ1v) is 9.14. The fraction of sp³-hybridized carbons (Fsp3) is 0.529. The summed E-state index contributed by atoms with van der Waals surface area (Å²) in [6.45, 7) is 4.28. The molecule has 1 amide bonds. The Morgan fingerprint density at radius 1 is 1.30 bits per heavy atom. The third-order valence-electron chi connectivity index (χ3n) is 4.63. The van der Waals surface area contributed by atoms with E-state index in [1.807, 2.05) is 0 Å². The van der Waals surface area contributed by atoms with Crippen LogP contribution in [-0.2, 0) is 9.53 Å². The van der Waals surface area contributed by atoms with Crippen molar-refractivity contribution in [1.82, 2.24) is 5.32 Å². The number of carbonyl (C=O) groups is 1. The van der Waals surface area contributed by atoms with Crippen LogP contribution in [0.2, 0.25) is 0 Å². The molecule has 1 aliphatic heterocycles. The molecular formula is C17H21NO8S. The molecule has 0 aliphatic carbocycles. The number of aliphatic hydroxyl groups is 3. The largest absolute Gasteiger partial charge is 0.462 e. The Hall–Kier alpha value is -1.98. The number of fused-ring (bicyclic) bond motifs is 1. The molecule has 4 N–H and O–H groups in total. The van der Waals surface area contributed by atoms with E-state index in [1.54, 1.807) is 19.9 Å². The van der Waals surface area contributed by atoms with E-state index in [0.717, 1.165) is 11.3 Å². The molecule has 0 radical (unpaired) electrons. The Balaban J connectivity index is 1.97. The summed E-state index contributed by atoms with van der Waals surface area (Å²) in [5, 5.41) is 32.3. The SMILES string of the molecule is CC(=O)N[C@@H]1[C@@H](Oc2cc3sc(=O)oc3c(C)c2C)O[C@H](CO)[C@H](O)[C@H]1O. The summed E-state index contributed by atoms with van der Waals surface area (Å²) in [7, 11) is 0. The maximum Gasteiger partial charge on any atom is 0.396 e. The van der Waals surface area contributed by atoms with E-state index in [9.17, 15) is 24.9 Å². The number of aliphatic hydroxyl groups excluding tert-OH is 3. The fourth-order valence-corrected chi connectivity index (χ4v) is 3.81. The zero-order valence-corrected chi connectivity index (χ0v) is 15.8. The van der Waals surface area contributed by atoms with E-state index in [2.05, 4.69) is 5.32 Å². The summed E-state index contributed by atoms with van der Waals surface area (Å²) < 4.78 is 17.2. The van der Waals surface area contributed by atoms with Crippen molar-refractivity contribution < 1.29 is 34.0 Å². The van der Waals surface area contributed by atoms with Crippen molar-refractivity contribution in [3.63, 3.8) is 0 Å². The minimum absolute atomic E-state index is 0.373. The van der Waals surface area contributed by atoms with Crippen LogP contribution < -0.4 is 15.0 Å². The Morgan fingerprint density at radius 3 is 2.63 bits per heavy atom. The molecule has 2 aromatic rings. The van der Waals surface area contributed by atoms with Gasteiger partial charge >= 0.3 is 4.94 Å². The third kappa shape index (κ3) is 3.71. The third-order valence-corrected chi connectivity index (χ3v) is 5.40. The average Bonchev–Trinajstić information content (AvgIpc) is 2.99. The van der Waals surface area contributed by atoms with Gasteiger partial charge in [0.05, 0.1) is 11.3 Å². The molecule has 0 bridgehead atoms. The van der Waals surface area contributed by atoms with Gasteiger partial charge < -0.3 is 34.5 Å². The second-order valence-corrected chi connectivity index (χ2v) is 7.43. The van der Waals surface area contributed by atoms with Crippen molar-refractivity contribution in [2.75, 3.05) is 6.61 Å². The van der Waals surface area contributed by atoms with E-state index >= 15 is 0 Å². The fourth-order valence-electron chi connectivity index (χ4n) is 3.05. The number of hydrogen-bond donors (Lipinski definition) is 4. The van der Waals surface area contributed by atoms with Gasteiger partial charge in [-0.2, -0.15) is 0 Å². The molecule has 10 heteroatoms. The van der Waals surface area contributed by atoms with E-state index in [-0.39, 0.29) is 0 Å². The second kappa shape index (κ2) is 7.56. The summed E-state index contributed by atoms with van der Waals surface area (Å²) in [6, 6.07) is 0.561. The first kappa shape index (κ1) is 19.8. The highest BCUT2D eigenvalue weighted by molar-refractivity contribution is 7.16. The highest BCUT2D eigenvalue weighted by Gasteiger charge is 2.46. The van der Waals surface area contributed by atoms with Crippen LogP contribution in [-0.4, -0.2) is 58.5 Å². The maximum atomic E-state index is 11.5. The molecule has 3 rings (SSSR count). The van der Waals surface area contributed by atoms with Crippen molar-refractivity contribution in [3.05, 3.63) is 26.9 Å². The molecule has 27 heavy (non-hydrogen) atoms. The molecule has 1 aromatic carbocycles. The van der Waals surface area contributed by atoms with Gasteiger partial charge in [0.25, 0.3) is 0 Å². The lowest BCUT2D eigenvalue weighted by molar-refractivity contribution is -0.244. The summed E-state index contributed by atoms with van der Waals surface area (Å²) >= 11 is 0.926. The van der Waals surface area contributed by atoms with Gasteiger partial charge in [0, 0.05) is 13.0 Å². The van der Waals surface area contributed by atoms with Crippen LogP contribution in [0, 0.1) is 13.8 Å². The molecule has 1 fully saturated rings. The first-order chi connectivity index (χ1) is 12.7. The van der Waals surface area contributed by atoms with Gasteiger partial charge in [0.15, 0.2) is 5.58 Å². The summed E-state index contributed by atoms with van der Waals surface area (Å²) in [4.78, 5) is 22.6. The van der Waals surface area contributed by atoms with Crippen LogP contribution in [0.5, 0.6) is 5.75 Å². The van der Waals surface area contributed by atoms with Crippen molar-refractivity contribution in [1.29, 1.82) is 0 Å². The van der Waals surface area contributed by atoms with E-state index in [1.165, 1.54) is 6.92 Å². The molecule has 1 saturated heterocycles. The summed E-state index contributed by atoms with van der Waals surface area (Å²) in [6.07, 6.45) is -5.04. The summed E-state index contributed by atoms with van der Waals surface area (Å²) in [5.41, 5.74) is 1.88. The quantitative estimate of drug-likeness (QED) is 0.554. The number of hydrogen-bond acceptors (Lipinski definition) is 9. The Labute approximate surface area is 158 Å². The lowest BCUT2D eigenvalue weighted by atomic mass is 9.97. The zero-order valence-electron chi connectivity index (χ0n) is 15.0. The van der Waals surface area contributed by atoms with E-state index in [0.29, 0.717) is 27.2 Å². The van der Waals surface area contributed by atoms with Crippen LogP contribution in [0.1, 0.15) is 18.1 Å². The van der Waals surface area contributed by atoms with Gasteiger partial charge in [-0.1, -0.05) is 11.3 Å². The summed E-state index contributed by atoms with van der Waals surface area (Å²) in [5.74, 6) is -0.0695. The van der Waals surface area contributed by atoms with Crippen LogP contribution in [0.4, 0.5) is 0 Å². The second-order valence-electron chi connectivity index (χ2n) is 6.46. The standard InChI is InChI=1S/C17H21NO8S/c1-6-7(2)15-11(27-17(23)26-15)4-9(6)24-16-12(18-8(3)20)14(22)13(21)10(5-19)25-16/h4,10,12-14,16,19,21-22H,5H2,1-3H3,(H,18,20)/t10-,12+,13+,14+,16+/m1/s1. The molecule has 2 heterocycles. The van der Waals surface area contributed by atoms with Gasteiger partial charge in [0.1, 0.15) is 30.1 Å². The van der Waals surface area contributed by atoms with Crippen LogP contribution in [0.25, 0.3) is 10.3 Å². The molecule has 0 unspecified atom stereocenters. The van der Waals surface area contributed by atoms with Crippen molar-refractivity contribution in [2.45, 2.75) is 51.4 Å². The lowest BCUT2D eigenvalue weighted by Gasteiger charge is -2.42. The molecule has 9 nitrogen and oxygen atoms in total. The molecule has 148 valence electrons. The minimum Gasteiger partial charge on any atom is -0.462 e. The number of carbonyl (C=O) groups excluding carboxylic acids is 1. The van der Waals surface area contributed by atoms with Crippen molar-refractivity contribution in [3.8, 4) is 5.75 Å². The average molecular weight is 399 g/mol. The lowest BCUT2D eigenvalue weighted by Crippen LogP contribution is -2.65. The van der Waals surface area contributed by atoms with Gasteiger partial charge in [-0.3, -0.25) is 4.79 Å². The smallest absolute Gasteiger partial charge is 0.396 e. The molecule has 5 atom stereocenters. The van der Waals surface area contributed by atoms with E-state index < -0.39 is 48.1 Å². The number of benzene rings is 1. The van der Waals surface area contributed by atoms with Crippen LogP contribution in [0.15, 0.2) is 15.3 Å². The predicted octanol–water partition coefficient (Wildman–Crippen LogP) is -0.206. The molecule has 1 aliphatic rings. The van der Waals surface area contributed by atoms with Crippen LogP contribution in [0.3, 0.4) is 0 Å². The van der Waals surface area contributed by atoms with Crippen molar-refractivity contribution in [2.24, 2.45) is 0 Å². The monoisotopic (exact) mass is 399 g/mol. The first-order valence-electron chi connectivity index (χ1n) is 8.33. The zero-order chi connectivity index (χ0) is 19.9. The number of aryl methyl sites for hydroxylation is 1. The highest BCUT2D eigenvalue weighted by atomic mass is 32.1. The predicted molar refractivity (Wildman–Crippen MR) is 95.8 cm³/mol. The number of amides is 1. The topological polar surface area (TPSA) is 138 Å². The Bertz CT molecular complexity index is 906. The van der Waals surface area contributed by atoms with E-state index in [4.69, 9.17) is 13.9 Å². The molecular weight excluding hydrogens is 378 g/mol. The number of ether oxygens (including phenoxy) is 2. The maximum absolute atomic E-state index is 11.5. The highest BCUT2D eigenvalue weighted by Crippen LogP contribution is 2.33. The van der Waals surface area contributed by atoms with Gasteiger partial charge in [-0.05, 0) is 25.0 Å². The number of nitrogens with one attached hydrogen (secondary N) is 1. The Morgan fingerprint density at radius 2 is 2.00 bits per heavy atom. The van der Waals surface area contributed by atoms with Gasteiger partial charge in [0.2, 0.25) is 12.2 Å². The Kier molecular flexibility index (Phi) is 5.54. The van der Waals surface area contributed by atoms with Gasteiger partial charge in [-0.25, -0.2) is 4.79 Å². The molecule has 0 spiro atoms. The molecule has 1 aromatic heterocycles.